The van der Waals surface area contributed by atoms with Crippen LogP contribution in [0.5, 0.6) is 0 Å². The van der Waals surface area contributed by atoms with Crippen molar-refractivity contribution in [3.05, 3.63) is 0 Å². The molecule has 2 unspecified atom stereocenters. The summed E-state index contributed by atoms with van der Waals surface area (Å²) in [4.78, 5) is 26.1. The molecular weight excluding hydrogens is 220 g/mol. The molecule has 2 amide bonds. The molecular formula is C12H22N2O3. The van der Waals surface area contributed by atoms with Gasteiger partial charge < -0.3 is 14.9 Å². The minimum atomic E-state index is -0.869. The summed E-state index contributed by atoms with van der Waals surface area (Å²) in [6.45, 7) is 4.41. The first-order chi connectivity index (χ1) is 7.97. The average Bonchev–Trinajstić information content (AvgIpc) is 2.66. The van der Waals surface area contributed by atoms with Crippen molar-refractivity contribution in [2.45, 2.75) is 51.6 Å². The van der Waals surface area contributed by atoms with Crippen molar-refractivity contribution in [3.63, 3.8) is 0 Å². The summed E-state index contributed by atoms with van der Waals surface area (Å²) in [5.41, 5.74) is 0. The number of carboxylic acids is 1. The van der Waals surface area contributed by atoms with E-state index in [1.165, 1.54) is 4.90 Å². The third kappa shape index (κ3) is 3.35. The largest absolute Gasteiger partial charge is 0.481 e. The van der Waals surface area contributed by atoms with E-state index >= 15 is 0 Å². The minimum Gasteiger partial charge on any atom is -0.481 e. The first-order valence-electron chi connectivity index (χ1n) is 6.22. The zero-order chi connectivity index (χ0) is 13.0. The van der Waals surface area contributed by atoms with E-state index in [2.05, 4.69) is 13.8 Å². The third-order valence-electron chi connectivity index (χ3n) is 3.47. The molecule has 0 bridgehead atoms. The summed E-state index contributed by atoms with van der Waals surface area (Å²) in [7, 11) is 1.67. The highest BCUT2D eigenvalue weighted by Gasteiger charge is 2.34. The number of nitrogens with zero attached hydrogens (tertiary/aromatic N) is 2. The maximum absolute atomic E-state index is 12.2. The fraction of sp³-hybridized carbons (Fsp3) is 0.833. The molecule has 2 atom stereocenters. The zero-order valence-corrected chi connectivity index (χ0v) is 10.8. The Balaban J connectivity index is 2.58. The highest BCUT2D eigenvalue weighted by atomic mass is 16.4. The molecule has 0 radical (unpaired) electrons. The molecule has 0 saturated carbocycles. The molecule has 0 aromatic rings. The second kappa shape index (κ2) is 5.89. The van der Waals surface area contributed by atoms with Gasteiger partial charge in [-0.15, -0.1) is 0 Å². The number of hydrogen-bond acceptors (Lipinski definition) is 2. The lowest BCUT2D eigenvalue weighted by Gasteiger charge is -2.32. The Kier molecular flexibility index (Phi) is 4.78. The van der Waals surface area contributed by atoms with Gasteiger partial charge in [0.05, 0.1) is 6.42 Å². The molecule has 1 aliphatic rings. The molecule has 98 valence electrons. The van der Waals surface area contributed by atoms with Crippen LogP contribution in [0.4, 0.5) is 4.79 Å². The lowest BCUT2D eigenvalue weighted by atomic mass is 10.2. The van der Waals surface area contributed by atoms with Gasteiger partial charge >= 0.3 is 12.0 Å². The lowest BCUT2D eigenvalue weighted by Crippen LogP contribution is -2.47. The lowest BCUT2D eigenvalue weighted by molar-refractivity contribution is -0.137. The number of aliphatic carboxylic acids is 1. The summed E-state index contributed by atoms with van der Waals surface area (Å²) >= 11 is 0. The van der Waals surface area contributed by atoms with Gasteiger partial charge in [-0.3, -0.25) is 4.79 Å². The van der Waals surface area contributed by atoms with Crippen molar-refractivity contribution in [1.82, 2.24) is 9.80 Å². The van der Waals surface area contributed by atoms with E-state index in [0.29, 0.717) is 6.04 Å². The Bertz CT molecular complexity index is 293. The molecule has 0 spiro atoms. The van der Waals surface area contributed by atoms with Gasteiger partial charge in [0.1, 0.15) is 0 Å². The predicted molar refractivity (Wildman–Crippen MR) is 64.9 cm³/mol. The molecule has 1 heterocycles. The number of hydrogen-bond donors (Lipinski definition) is 1. The fourth-order valence-corrected chi connectivity index (χ4v) is 2.37. The molecule has 17 heavy (non-hydrogen) atoms. The second-order valence-corrected chi connectivity index (χ2v) is 4.74. The topological polar surface area (TPSA) is 60.9 Å². The van der Waals surface area contributed by atoms with Crippen molar-refractivity contribution in [1.29, 1.82) is 0 Å². The van der Waals surface area contributed by atoms with Crippen molar-refractivity contribution in [2.24, 2.45) is 0 Å². The molecule has 1 aliphatic heterocycles. The van der Waals surface area contributed by atoms with Gasteiger partial charge in [-0.25, -0.2) is 4.79 Å². The summed E-state index contributed by atoms with van der Waals surface area (Å²) in [5.74, 6) is -0.869. The molecule has 5 nitrogen and oxygen atoms in total. The van der Waals surface area contributed by atoms with Crippen LogP contribution in [0.1, 0.15) is 39.5 Å². The Labute approximate surface area is 102 Å². The number of rotatable bonds is 4. The number of likely N-dealkylation sites (tertiary alicyclic amines) is 1. The summed E-state index contributed by atoms with van der Waals surface area (Å²) < 4.78 is 0. The zero-order valence-electron chi connectivity index (χ0n) is 10.8. The molecule has 1 N–H and O–H groups in total. The first-order valence-corrected chi connectivity index (χ1v) is 6.22. The molecule has 0 aromatic carbocycles. The third-order valence-corrected chi connectivity index (χ3v) is 3.47. The second-order valence-electron chi connectivity index (χ2n) is 4.74. The van der Waals surface area contributed by atoms with Crippen LogP contribution in [0.15, 0.2) is 0 Å². The van der Waals surface area contributed by atoms with Crippen molar-refractivity contribution < 1.29 is 14.7 Å². The van der Waals surface area contributed by atoms with E-state index in [9.17, 15) is 9.59 Å². The van der Waals surface area contributed by atoms with Crippen LogP contribution < -0.4 is 0 Å². The van der Waals surface area contributed by atoms with Crippen LogP contribution in [0.2, 0.25) is 0 Å². The molecule has 0 aliphatic carbocycles. The number of carbonyl (C=O) groups excluding carboxylic acids is 1. The maximum atomic E-state index is 12.2. The number of urea groups is 1. The van der Waals surface area contributed by atoms with Gasteiger partial charge in [-0.1, -0.05) is 6.92 Å². The number of carboxylic acid groups (broad SMARTS) is 1. The van der Waals surface area contributed by atoms with E-state index in [0.717, 1.165) is 19.3 Å². The molecule has 1 fully saturated rings. The van der Waals surface area contributed by atoms with Gasteiger partial charge in [0, 0.05) is 25.7 Å². The standard InChI is InChI=1S/C12H22N2O3/c1-4-10-6-5-9(2)14(10)12(17)13(3)8-7-11(15)16/h9-10H,4-8H2,1-3H3,(H,15,16). The first kappa shape index (κ1) is 13.8. The Hall–Kier alpha value is -1.26. The number of amides is 2. The Morgan fingerprint density at radius 1 is 1.41 bits per heavy atom. The van der Waals surface area contributed by atoms with Crippen molar-refractivity contribution in [2.75, 3.05) is 13.6 Å². The van der Waals surface area contributed by atoms with Gasteiger partial charge in [0.2, 0.25) is 0 Å². The quantitative estimate of drug-likeness (QED) is 0.817. The monoisotopic (exact) mass is 242 g/mol. The highest BCUT2D eigenvalue weighted by molar-refractivity contribution is 5.76. The van der Waals surface area contributed by atoms with Crippen LogP contribution >= 0.6 is 0 Å². The van der Waals surface area contributed by atoms with Gasteiger partial charge in [0.15, 0.2) is 0 Å². The smallest absolute Gasteiger partial charge is 0.320 e. The maximum Gasteiger partial charge on any atom is 0.320 e. The molecule has 0 aromatic heterocycles. The minimum absolute atomic E-state index is 0.00124. The van der Waals surface area contributed by atoms with E-state index in [-0.39, 0.29) is 25.0 Å². The van der Waals surface area contributed by atoms with Crippen molar-refractivity contribution in [3.8, 4) is 0 Å². The van der Waals surface area contributed by atoms with E-state index in [1.807, 2.05) is 4.90 Å². The van der Waals surface area contributed by atoms with Gasteiger partial charge in [-0.2, -0.15) is 0 Å². The predicted octanol–water partition coefficient (Wildman–Crippen LogP) is 1.78. The molecule has 1 saturated heterocycles. The summed E-state index contributed by atoms with van der Waals surface area (Å²) in [6, 6.07) is 0.535. The normalized spacial score (nSPS) is 23.8. The number of carbonyl (C=O) groups is 2. The fourth-order valence-electron chi connectivity index (χ4n) is 2.37. The Morgan fingerprint density at radius 3 is 2.59 bits per heavy atom. The summed E-state index contributed by atoms with van der Waals surface area (Å²) in [5, 5.41) is 8.61. The van der Waals surface area contributed by atoms with Crippen molar-refractivity contribution >= 4 is 12.0 Å². The van der Waals surface area contributed by atoms with E-state index in [1.54, 1.807) is 7.05 Å². The molecule has 1 rings (SSSR count). The summed E-state index contributed by atoms with van der Waals surface area (Å²) in [6.07, 6.45) is 3.05. The van der Waals surface area contributed by atoms with Crippen LogP contribution in [0.25, 0.3) is 0 Å². The Morgan fingerprint density at radius 2 is 2.06 bits per heavy atom. The van der Waals surface area contributed by atoms with E-state index in [4.69, 9.17) is 5.11 Å². The van der Waals surface area contributed by atoms with Crippen LogP contribution in [0, 0.1) is 0 Å². The SMILES string of the molecule is CCC1CCC(C)N1C(=O)N(C)CCC(=O)O. The van der Waals surface area contributed by atoms with E-state index < -0.39 is 5.97 Å². The average molecular weight is 242 g/mol. The van der Waals surface area contributed by atoms with Crippen LogP contribution in [-0.2, 0) is 4.79 Å². The van der Waals surface area contributed by atoms with Gasteiger partial charge in [-0.05, 0) is 26.2 Å². The molecule has 5 heteroatoms. The van der Waals surface area contributed by atoms with Crippen LogP contribution in [-0.4, -0.2) is 52.6 Å². The van der Waals surface area contributed by atoms with Crippen LogP contribution in [0.3, 0.4) is 0 Å². The van der Waals surface area contributed by atoms with Gasteiger partial charge in [0.25, 0.3) is 0 Å². The highest BCUT2D eigenvalue weighted by Crippen LogP contribution is 2.26.